The molecule has 4 rings (SSSR count). The molecule has 25 heavy (non-hydrogen) atoms. The average molecular weight is 332 g/mol. The molecule has 3 atom stereocenters. The molecule has 0 bridgehead atoms. The predicted molar refractivity (Wildman–Crippen MR) is 107 cm³/mol. The Hall–Kier alpha value is -2.02. The molecule has 3 aliphatic carbocycles. The fourth-order valence-corrected chi connectivity index (χ4v) is 4.25. The largest absolute Gasteiger partial charge is 0.374 e. The highest BCUT2D eigenvalue weighted by molar-refractivity contribution is 5.48. The van der Waals surface area contributed by atoms with Crippen LogP contribution in [0.5, 0.6) is 0 Å². The van der Waals surface area contributed by atoms with Gasteiger partial charge in [-0.2, -0.15) is 0 Å². The SMILES string of the molecule is CC1C=C([C@H]2C=C(C3C=CCCC3)C=C(C3=CC=CCC3)N2)C=CC1. The highest BCUT2D eigenvalue weighted by atomic mass is 14.9. The van der Waals surface area contributed by atoms with Crippen molar-refractivity contribution >= 4 is 0 Å². The number of dihydropyridines is 1. The van der Waals surface area contributed by atoms with Gasteiger partial charge in [0.25, 0.3) is 0 Å². The number of allylic oxidation sites excluding steroid dienone is 10. The summed E-state index contributed by atoms with van der Waals surface area (Å²) in [5, 5.41) is 3.82. The van der Waals surface area contributed by atoms with Crippen LogP contribution in [-0.4, -0.2) is 6.04 Å². The lowest BCUT2D eigenvalue weighted by Crippen LogP contribution is -2.33. The van der Waals surface area contributed by atoms with E-state index < -0.39 is 0 Å². The van der Waals surface area contributed by atoms with Gasteiger partial charge in [0.05, 0.1) is 6.04 Å². The van der Waals surface area contributed by atoms with E-state index in [-0.39, 0.29) is 0 Å². The Balaban J connectivity index is 1.67. The van der Waals surface area contributed by atoms with E-state index >= 15 is 0 Å². The molecule has 0 radical (unpaired) electrons. The van der Waals surface area contributed by atoms with Crippen LogP contribution in [-0.2, 0) is 0 Å². The van der Waals surface area contributed by atoms with E-state index in [2.05, 4.69) is 73.0 Å². The van der Waals surface area contributed by atoms with Gasteiger partial charge in [-0.15, -0.1) is 0 Å². The quantitative estimate of drug-likeness (QED) is 0.633. The summed E-state index contributed by atoms with van der Waals surface area (Å²) in [7, 11) is 0. The van der Waals surface area contributed by atoms with Gasteiger partial charge in [0, 0.05) is 11.6 Å². The smallest absolute Gasteiger partial charge is 0.0700 e. The van der Waals surface area contributed by atoms with Crippen LogP contribution >= 0.6 is 0 Å². The molecule has 0 amide bonds. The van der Waals surface area contributed by atoms with Crippen LogP contribution in [0.1, 0.15) is 45.4 Å². The number of nitrogens with one attached hydrogen (secondary N) is 1. The summed E-state index contributed by atoms with van der Waals surface area (Å²) >= 11 is 0. The number of hydrogen-bond acceptors (Lipinski definition) is 1. The third kappa shape index (κ3) is 3.81. The van der Waals surface area contributed by atoms with E-state index in [4.69, 9.17) is 0 Å². The van der Waals surface area contributed by atoms with Gasteiger partial charge in [0.15, 0.2) is 0 Å². The first kappa shape index (κ1) is 16.4. The van der Waals surface area contributed by atoms with Gasteiger partial charge in [-0.1, -0.05) is 61.6 Å². The molecule has 0 fully saturated rings. The first-order valence-corrected chi connectivity index (χ1v) is 9.90. The lowest BCUT2D eigenvalue weighted by Gasteiger charge is -2.31. The summed E-state index contributed by atoms with van der Waals surface area (Å²) in [4.78, 5) is 0. The van der Waals surface area contributed by atoms with Crippen molar-refractivity contribution in [2.45, 2.75) is 51.5 Å². The summed E-state index contributed by atoms with van der Waals surface area (Å²) in [6.07, 6.45) is 30.8. The first-order chi connectivity index (χ1) is 12.3. The van der Waals surface area contributed by atoms with E-state index in [1.807, 2.05) is 0 Å². The predicted octanol–water partition coefficient (Wildman–Crippen LogP) is 5.92. The third-order valence-electron chi connectivity index (χ3n) is 5.68. The van der Waals surface area contributed by atoms with E-state index in [0.29, 0.717) is 17.9 Å². The van der Waals surface area contributed by atoms with E-state index in [9.17, 15) is 0 Å². The minimum Gasteiger partial charge on any atom is -0.374 e. The van der Waals surface area contributed by atoms with Crippen molar-refractivity contribution in [3.63, 3.8) is 0 Å². The van der Waals surface area contributed by atoms with Gasteiger partial charge in [0.1, 0.15) is 0 Å². The molecule has 0 saturated carbocycles. The van der Waals surface area contributed by atoms with Crippen LogP contribution < -0.4 is 5.32 Å². The van der Waals surface area contributed by atoms with Crippen LogP contribution in [0.25, 0.3) is 0 Å². The topological polar surface area (TPSA) is 12.0 Å². The van der Waals surface area contributed by atoms with Gasteiger partial charge in [-0.05, 0) is 67.2 Å². The molecule has 130 valence electrons. The minimum atomic E-state index is 0.302. The fourth-order valence-electron chi connectivity index (χ4n) is 4.25. The van der Waals surface area contributed by atoms with Crippen LogP contribution in [0.15, 0.2) is 83.2 Å². The Morgan fingerprint density at radius 2 is 2.00 bits per heavy atom. The Kier molecular flexibility index (Phi) is 4.92. The Bertz CT molecular complexity index is 723. The second-order valence-corrected chi connectivity index (χ2v) is 7.75. The summed E-state index contributed by atoms with van der Waals surface area (Å²) < 4.78 is 0. The van der Waals surface area contributed by atoms with Crippen molar-refractivity contribution in [1.82, 2.24) is 5.32 Å². The first-order valence-electron chi connectivity index (χ1n) is 9.90. The molecule has 0 saturated heterocycles. The average Bonchev–Trinajstić information content (AvgIpc) is 2.69. The Labute approximate surface area is 152 Å². The molecule has 0 aromatic heterocycles. The van der Waals surface area contributed by atoms with E-state index in [0.717, 1.165) is 19.3 Å². The van der Waals surface area contributed by atoms with Gasteiger partial charge >= 0.3 is 0 Å². The van der Waals surface area contributed by atoms with Crippen LogP contribution in [0, 0.1) is 11.8 Å². The second kappa shape index (κ2) is 7.47. The lowest BCUT2D eigenvalue weighted by molar-refractivity contribution is 0.599. The zero-order valence-corrected chi connectivity index (χ0v) is 15.2. The highest BCUT2D eigenvalue weighted by Crippen LogP contribution is 2.33. The number of rotatable bonds is 3. The zero-order valence-electron chi connectivity index (χ0n) is 15.2. The van der Waals surface area contributed by atoms with Gasteiger partial charge in [0.2, 0.25) is 0 Å². The molecule has 1 nitrogen and oxygen atoms in total. The van der Waals surface area contributed by atoms with Gasteiger partial charge in [-0.25, -0.2) is 0 Å². The van der Waals surface area contributed by atoms with Gasteiger partial charge < -0.3 is 5.32 Å². The summed E-state index contributed by atoms with van der Waals surface area (Å²) in [6.45, 7) is 2.31. The normalized spacial score (nSPS) is 31.6. The Morgan fingerprint density at radius 3 is 2.76 bits per heavy atom. The van der Waals surface area contributed by atoms with Crippen LogP contribution in [0.3, 0.4) is 0 Å². The highest BCUT2D eigenvalue weighted by Gasteiger charge is 2.24. The van der Waals surface area contributed by atoms with Crippen molar-refractivity contribution in [2.24, 2.45) is 11.8 Å². The Morgan fingerprint density at radius 1 is 1.04 bits per heavy atom. The van der Waals surface area contributed by atoms with Crippen LogP contribution in [0.2, 0.25) is 0 Å². The second-order valence-electron chi connectivity index (χ2n) is 7.75. The monoisotopic (exact) mass is 331 g/mol. The fraction of sp³-hybridized carbons (Fsp3) is 0.417. The minimum absolute atomic E-state index is 0.302. The maximum atomic E-state index is 3.82. The standard InChI is InChI=1S/C24H29N/c1-18-9-8-14-21(15-18)24-17-22(19-10-4-2-5-11-19)16-23(25-24)20-12-6-3-7-13-20/h3-4,6,8,10,12,14-19,24-25H,2,5,7,9,11,13H2,1H3/t18?,19?,24-/m1/s1. The molecule has 1 heteroatoms. The molecule has 4 aliphatic rings. The van der Waals surface area contributed by atoms with Crippen molar-refractivity contribution in [3.05, 3.63) is 83.2 Å². The summed E-state index contributed by atoms with van der Waals surface area (Å²) in [6, 6.07) is 0.302. The van der Waals surface area contributed by atoms with E-state index in [1.54, 1.807) is 0 Å². The molecular formula is C24H29N. The molecule has 2 unspecified atom stereocenters. The third-order valence-corrected chi connectivity index (χ3v) is 5.68. The zero-order chi connectivity index (χ0) is 17.1. The summed E-state index contributed by atoms with van der Waals surface area (Å²) in [5.74, 6) is 1.22. The van der Waals surface area contributed by atoms with Gasteiger partial charge in [-0.3, -0.25) is 0 Å². The van der Waals surface area contributed by atoms with Crippen molar-refractivity contribution < 1.29 is 0 Å². The number of hydrogen-bond donors (Lipinski definition) is 1. The molecule has 0 spiro atoms. The van der Waals surface area contributed by atoms with Crippen LogP contribution in [0.4, 0.5) is 0 Å². The maximum absolute atomic E-state index is 3.82. The van der Waals surface area contributed by atoms with Crippen molar-refractivity contribution in [1.29, 1.82) is 0 Å². The lowest BCUT2D eigenvalue weighted by atomic mass is 9.83. The molecule has 1 heterocycles. The molecule has 1 aliphatic heterocycles. The maximum Gasteiger partial charge on any atom is 0.0700 e. The molecule has 0 aromatic carbocycles. The van der Waals surface area contributed by atoms with Crippen molar-refractivity contribution in [3.8, 4) is 0 Å². The van der Waals surface area contributed by atoms with E-state index in [1.165, 1.54) is 41.7 Å². The summed E-state index contributed by atoms with van der Waals surface area (Å²) in [5.41, 5.74) is 5.70. The van der Waals surface area contributed by atoms with Crippen molar-refractivity contribution in [2.75, 3.05) is 0 Å². The molecule has 0 aromatic rings. The molecular weight excluding hydrogens is 302 g/mol. The molecule has 1 N–H and O–H groups in total.